The van der Waals surface area contributed by atoms with E-state index in [0.717, 1.165) is 6.20 Å². The molecule has 118 valence electrons. The first-order valence-corrected chi connectivity index (χ1v) is 6.58. The minimum absolute atomic E-state index is 0.00854. The molecule has 0 aliphatic carbocycles. The Labute approximate surface area is 128 Å². The molecule has 0 spiro atoms. The van der Waals surface area contributed by atoms with Crippen LogP contribution in [0.4, 0.5) is 24.9 Å². The molecule has 0 bridgehead atoms. The Balaban J connectivity index is 1.93. The quantitative estimate of drug-likeness (QED) is 0.771. The van der Waals surface area contributed by atoms with Crippen LogP contribution >= 0.6 is 0 Å². The summed E-state index contributed by atoms with van der Waals surface area (Å²) in [4.78, 5) is 15.5. The van der Waals surface area contributed by atoms with Gasteiger partial charge in [0.1, 0.15) is 11.5 Å². The van der Waals surface area contributed by atoms with E-state index in [1.165, 1.54) is 12.1 Å². The second-order valence-corrected chi connectivity index (χ2v) is 4.67. The lowest BCUT2D eigenvalue weighted by atomic mass is 10.2. The highest BCUT2D eigenvalue weighted by atomic mass is 19.4. The molecule has 0 aliphatic heterocycles. The maximum atomic E-state index is 12.9. The van der Waals surface area contributed by atoms with Crippen molar-refractivity contribution < 1.29 is 13.2 Å². The van der Waals surface area contributed by atoms with Crippen molar-refractivity contribution in [2.45, 2.75) is 12.7 Å². The van der Waals surface area contributed by atoms with E-state index in [9.17, 15) is 13.2 Å². The van der Waals surface area contributed by atoms with Gasteiger partial charge in [-0.3, -0.25) is 4.98 Å². The third-order valence-corrected chi connectivity index (χ3v) is 3.09. The molecule has 0 amide bonds. The van der Waals surface area contributed by atoms with Crippen LogP contribution in [0.3, 0.4) is 0 Å². The zero-order valence-corrected chi connectivity index (χ0v) is 11.7. The average molecular weight is 320 g/mol. The molecule has 0 aromatic carbocycles. The summed E-state index contributed by atoms with van der Waals surface area (Å²) in [5.41, 5.74) is 5.04. The molecule has 6 nitrogen and oxygen atoms in total. The average Bonchev–Trinajstić information content (AvgIpc) is 2.52. The van der Waals surface area contributed by atoms with Crippen molar-refractivity contribution >= 4 is 22.8 Å². The van der Waals surface area contributed by atoms with E-state index < -0.39 is 11.9 Å². The topological polar surface area (TPSA) is 89.6 Å². The first-order chi connectivity index (χ1) is 10.9. The summed E-state index contributed by atoms with van der Waals surface area (Å²) in [7, 11) is 0. The summed E-state index contributed by atoms with van der Waals surface area (Å²) in [6, 6.07) is 6.18. The highest BCUT2D eigenvalue weighted by molar-refractivity contribution is 5.87. The van der Waals surface area contributed by atoms with E-state index in [0.29, 0.717) is 16.9 Å². The largest absolute Gasteiger partial charge is 0.433 e. The van der Waals surface area contributed by atoms with Gasteiger partial charge in [-0.15, -0.1) is 0 Å². The molecule has 3 aromatic rings. The molecule has 0 saturated carbocycles. The Hall–Kier alpha value is -2.97. The van der Waals surface area contributed by atoms with Crippen LogP contribution < -0.4 is 11.1 Å². The zero-order valence-electron chi connectivity index (χ0n) is 11.7. The maximum Gasteiger partial charge on any atom is 0.433 e. The van der Waals surface area contributed by atoms with Crippen LogP contribution in [-0.2, 0) is 12.7 Å². The summed E-state index contributed by atoms with van der Waals surface area (Å²) in [5, 5.41) is 3.41. The molecule has 0 atom stereocenters. The number of nitrogen functional groups attached to an aromatic ring is 1. The summed E-state index contributed by atoms with van der Waals surface area (Å²) in [5.74, 6) is 0.304. The second-order valence-electron chi connectivity index (χ2n) is 4.67. The molecule has 9 heteroatoms. The van der Waals surface area contributed by atoms with Gasteiger partial charge in [0.15, 0.2) is 5.65 Å². The monoisotopic (exact) mass is 320 g/mol. The number of alkyl halides is 3. The van der Waals surface area contributed by atoms with Crippen LogP contribution in [0, 0.1) is 0 Å². The Morgan fingerprint density at radius 1 is 1.04 bits per heavy atom. The van der Waals surface area contributed by atoms with Gasteiger partial charge in [-0.25, -0.2) is 4.98 Å². The first kappa shape index (κ1) is 14.9. The lowest BCUT2D eigenvalue weighted by Gasteiger charge is -2.13. The lowest BCUT2D eigenvalue weighted by molar-refractivity contribution is -0.141. The normalized spacial score (nSPS) is 11.6. The number of fused-ring (bicyclic) bond motifs is 1. The highest BCUT2D eigenvalue weighted by Crippen LogP contribution is 2.30. The van der Waals surface area contributed by atoms with Crippen molar-refractivity contribution in [1.82, 2.24) is 19.9 Å². The number of aromatic nitrogens is 4. The predicted molar refractivity (Wildman–Crippen MR) is 78.3 cm³/mol. The molecule has 3 aromatic heterocycles. The van der Waals surface area contributed by atoms with Crippen LogP contribution in [0.5, 0.6) is 0 Å². The number of nitrogens with two attached hydrogens (primary N) is 1. The van der Waals surface area contributed by atoms with E-state index in [1.54, 1.807) is 18.3 Å². The number of anilines is 2. The third-order valence-electron chi connectivity index (χ3n) is 3.09. The van der Waals surface area contributed by atoms with Gasteiger partial charge in [-0.2, -0.15) is 23.1 Å². The zero-order chi connectivity index (χ0) is 16.4. The maximum absolute atomic E-state index is 12.9. The molecule has 0 aliphatic rings. The number of nitrogens with one attached hydrogen (secondary N) is 1. The van der Waals surface area contributed by atoms with Crippen LogP contribution in [0.15, 0.2) is 36.7 Å². The number of hydrogen-bond acceptors (Lipinski definition) is 6. The van der Waals surface area contributed by atoms with E-state index in [-0.39, 0.29) is 18.1 Å². The minimum Gasteiger partial charge on any atom is -0.368 e. The van der Waals surface area contributed by atoms with Gasteiger partial charge in [-0.05, 0) is 18.2 Å². The number of pyridine rings is 2. The number of halogens is 3. The van der Waals surface area contributed by atoms with Gasteiger partial charge in [0, 0.05) is 24.5 Å². The minimum atomic E-state index is -4.52. The number of rotatable bonds is 3. The molecular formula is C14H11F3N6. The molecule has 3 N–H and O–H groups in total. The molecular weight excluding hydrogens is 309 g/mol. The second kappa shape index (κ2) is 5.67. The Morgan fingerprint density at radius 2 is 1.78 bits per heavy atom. The first-order valence-electron chi connectivity index (χ1n) is 6.58. The number of nitrogens with zero attached hydrogens (tertiary/aromatic N) is 4. The van der Waals surface area contributed by atoms with Gasteiger partial charge in [0.05, 0.1) is 5.39 Å². The van der Waals surface area contributed by atoms with E-state index in [4.69, 9.17) is 5.73 Å². The van der Waals surface area contributed by atoms with Crippen molar-refractivity contribution in [3.8, 4) is 0 Å². The van der Waals surface area contributed by atoms with Crippen molar-refractivity contribution in [3.63, 3.8) is 0 Å². The fourth-order valence-electron chi connectivity index (χ4n) is 2.13. The fraction of sp³-hybridized carbons (Fsp3) is 0.143. The van der Waals surface area contributed by atoms with E-state index in [1.807, 2.05) is 0 Å². The molecule has 0 unspecified atom stereocenters. The third kappa shape index (κ3) is 3.12. The smallest absolute Gasteiger partial charge is 0.368 e. The Bertz CT molecular complexity index is 849. The van der Waals surface area contributed by atoms with Crippen molar-refractivity contribution in [3.05, 3.63) is 47.9 Å². The van der Waals surface area contributed by atoms with Crippen LogP contribution in [0.1, 0.15) is 11.3 Å². The van der Waals surface area contributed by atoms with E-state index in [2.05, 4.69) is 25.3 Å². The molecule has 3 heterocycles. The fourth-order valence-corrected chi connectivity index (χ4v) is 2.13. The van der Waals surface area contributed by atoms with Crippen molar-refractivity contribution in [2.24, 2.45) is 0 Å². The molecule has 0 saturated heterocycles. The summed E-state index contributed by atoms with van der Waals surface area (Å²) >= 11 is 0. The van der Waals surface area contributed by atoms with Gasteiger partial charge in [-0.1, -0.05) is 6.07 Å². The summed E-state index contributed by atoms with van der Waals surface area (Å²) in [6.07, 6.45) is -1.87. The Kier molecular flexibility index (Phi) is 3.68. The Morgan fingerprint density at radius 3 is 2.57 bits per heavy atom. The van der Waals surface area contributed by atoms with Gasteiger partial charge < -0.3 is 11.1 Å². The van der Waals surface area contributed by atoms with Crippen LogP contribution in [0.25, 0.3) is 11.0 Å². The SMILES string of the molecule is Nc1nc(NCc2cccnc2C(F)(F)F)c2cccnc2n1. The molecule has 0 fully saturated rings. The summed E-state index contributed by atoms with van der Waals surface area (Å²) in [6.45, 7) is -0.108. The standard InChI is InChI=1S/C14H11F3N6/c15-14(16,17)10-8(3-1-5-19-10)7-21-12-9-4-2-6-20-11(9)22-13(18)23-12/h1-6H,7H2,(H3,18,20,21,22,23). The molecule has 23 heavy (non-hydrogen) atoms. The summed E-state index contributed by atoms with van der Waals surface area (Å²) < 4.78 is 38.8. The van der Waals surface area contributed by atoms with Crippen molar-refractivity contribution in [2.75, 3.05) is 11.1 Å². The van der Waals surface area contributed by atoms with E-state index >= 15 is 0 Å². The van der Waals surface area contributed by atoms with Crippen LogP contribution in [-0.4, -0.2) is 19.9 Å². The number of hydrogen-bond donors (Lipinski definition) is 2. The molecule has 3 rings (SSSR count). The molecule has 0 radical (unpaired) electrons. The van der Waals surface area contributed by atoms with Crippen LogP contribution in [0.2, 0.25) is 0 Å². The predicted octanol–water partition coefficient (Wildman–Crippen LogP) is 2.63. The van der Waals surface area contributed by atoms with Gasteiger partial charge in [0.2, 0.25) is 5.95 Å². The van der Waals surface area contributed by atoms with Gasteiger partial charge >= 0.3 is 6.18 Å². The van der Waals surface area contributed by atoms with Crippen molar-refractivity contribution in [1.29, 1.82) is 0 Å². The highest BCUT2D eigenvalue weighted by Gasteiger charge is 2.34. The van der Waals surface area contributed by atoms with Gasteiger partial charge in [0.25, 0.3) is 0 Å². The lowest BCUT2D eigenvalue weighted by Crippen LogP contribution is -2.14.